The largest absolute Gasteiger partial charge is 0.436 e. The highest BCUT2D eigenvalue weighted by molar-refractivity contribution is 6.30. The molecule has 2 aromatic carbocycles. The van der Waals surface area contributed by atoms with Crippen LogP contribution in [0.25, 0.3) is 10.9 Å². The molecule has 0 aliphatic heterocycles. The highest BCUT2D eigenvalue weighted by Gasteiger charge is 2.11. The van der Waals surface area contributed by atoms with Gasteiger partial charge in [0.05, 0.1) is 10.5 Å². The van der Waals surface area contributed by atoms with Crippen LogP contribution in [-0.2, 0) is 6.54 Å². The van der Waals surface area contributed by atoms with Crippen LogP contribution in [0.2, 0.25) is 5.02 Å². The second-order valence-corrected chi connectivity index (χ2v) is 4.90. The van der Waals surface area contributed by atoms with E-state index in [0.29, 0.717) is 6.54 Å². The molecular weight excluding hydrogens is 291 g/mol. The van der Waals surface area contributed by atoms with Crippen LogP contribution in [0, 0.1) is 5.82 Å². The molecular formula is C16H12ClFN2O. The zero-order valence-corrected chi connectivity index (χ0v) is 11.8. The first-order valence-electron chi connectivity index (χ1n) is 6.39. The average Bonchev–Trinajstić information content (AvgIpc) is 2.51. The first-order valence-corrected chi connectivity index (χ1v) is 6.77. The van der Waals surface area contributed by atoms with Crippen molar-refractivity contribution in [3.63, 3.8) is 0 Å². The highest BCUT2D eigenvalue weighted by Crippen LogP contribution is 2.30. The van der Waals surface area contributed by atoms with E-state index in [1.807, 2.05) is 24.3 Å². The van der Waals surface area contributed by atoms with Crippen molar-refractivity contribution in [1.29, 1.82) is 0 Å². The molecule has 21 heavy (non-hydrogen) atoms. The third-order valence-corrected chi connectivity index (χ3v) is 3.42. The third kappa shape index (κ3) is 2.68. The summed E-state index contributed by atoms with van der Waals surface area (Å²) in [6, 6.07) is 13.9. The summed E-state index contributed by atoms with van der Waals surface area (Å²) in [5.41, 5.74) is 7.39. The predicted molar refractivity (Wildman–Crippen MR) is 81.1 cm³/mol. The topological polar surface area (TPSA) is 48.1 Å². The number of fused-ring (bicyclic) bond motifs is 1. The minimum Gasteiger partial charge on any atom is -0.436 e. The van der Waals surface area contributed by atoms with E-state index in [-0.39, 0.29) is 16.7 Å². The van der Waals surface area contributed by atoms with Gasteiger partial charge in [-0.3, -0.25) is 0 Å². The lowest BCUT2D eigenvalue weighted by molar-refractivity contribution is 0.429. The van der Waals surface area contributed by atoms with Crippen molar-refractivity contribution in [1.82, 2.24) is 4.98 Å². The van der Waals surface area contributed by atoms with Gasteiger partial charge in [0.15, 0.2) is 11.6 Å². The molecule has 0 saturated carbocycles. The zero-order chi connectivity index (χ0) is 14.8. The maximum atomic E-state index is 13.9. The van der Waals surface area contributed by atoms with E-state index in [1.54, 1.807) is 12.1 Å². The Labute approximate surface area is 126 Å². The standard InChI is InChI=1S/C16H12ClFN2O/c17-12-5-3-7-14(16(12)18)21-15-8-10(9-19)11-4-1-2-6-13(11)20-15/h1-8H,9,19H2. The molecule has 1 heterocycles. The Morgan fingerprint density at radius 3 is 2.76 bits per heavy atom. The van der Waals surface area contributed by atoms with Crippen LogP contribution in [-0.4, -0.2) is 4.98 Å². The second-order valence-electron chi connectivity index (χ2n) is 4.49. The number of para-hydroxylation sites is 1. The number of hydrogen-bond acceptors (Lipinski definition) is 3. The quantitative estimate of drug-likeness (QED) is 0.785. The van der Waals surface area contributed by atoms with E-state index in [9.17, 15) is 4.39 Å². The number of hydrogen-bond donors (Lipinski definition) is 1. The summed E-state index contributed by atoms with van der Waals surface area (Å²) in [5, 5.41) is 0.964. The summed E-state index contributed by atoms with van der Waals surface area (Å²) in [7, 11) is 0. The molecule has 3 nitrogen and oxygen atoms in total. The van der Waals surface area contributed by atoms with Gasteiger partial charge in [0.1, 0.15) is 0 Å². The van der Waals surface area contributed by atoms with Crippen LogP contribution in [0.3, 0.4) is 0 Å². The van der Waals surface area contributed by atoms with Gasteiger partial charge in [-0.2, -0.15) is 0 Å². The molecule has 1 aromatic heterocycles. The number of aromatic nitrogens is 1. The first kappa shape index (κ1) is 13.8. The van der Waals surface area contributed by atoms with Gasteiger partial charge in [-0.15, -0.1) is 0 Å². The Hall–Kier alpha value is -2.17. The number of ether oxygens (including phenoxy) is 1. The molecule has 0 amide bonds. The van der Waals surface area contributed by atoms with Crippen molar-refractivity contribution >= 4 is 22.5 Å². The summed E-state index contributed by atoms with van der Waals surface area (Å²) >= 11 is 5.74. The van der Waals surface area contributed by atoms with Crippen molar-refractivity contribution in [2.75, 3.05) is 0 Å². The van der Waals surface area contributed by atoms with Gasteiger partial charge >= 0.3 is 0 Å². The van der Waals surface area contributed by atoms with Crippen LogP contribution in [0.5, 0.6) is 11.6 Å². The molecule has 0 spiro atoms. The van der Waals surface area contributed by atoms with Crippen molar-refractivity contribution in [3.05, 3.63) is 64.9 Å². The molecule has 2 N–H and O–H groups in total. The van der Waals surface area contributed by atoms with Crippen molar-refractivity contribution in [2.24, 2.45) is 5.73 Å². The Morgan fingerprint density at radius 1 is 1.14 bits per heavy atom. The molecule has 0 radical (unpaired) electrons. The number of benzene rings is 2. The van der Waals surface area contributed by atoms with Crippen LogP contribution in [0.1, 0.15) is 5.56 Å². The fourth-order valence-corrected chi connectivity index (χ4v) is 2.28. The monoisotopic (exact) mass is 302 g/mol. The van der Waals surface area contributed by atoms with E-state index >= 15 is 0 Å². The summed E-state index contributed by atoms with van der Waals surface area (Å²) < 4.78 is 19.4. The molecule has 0 aliphatic rings. The van der Waals surface area contributed by atoms with Crippen molar-refractivity contribution < 1.29 is 9.13 Å². The maximum absolute atomic E-state index is 13.9. The van der Waals surface area contributed by atoms with Gasteiger partial charge in [-0.05, 0) is 23.8 Å². The average molecular weight is 303 g/mol. The van der Waals surface area contributed by atoms with Crippen LogP contribution < -0.4 is 10.5 Å². The van der Waals surface area contributed by atoms with E-state index in [2.05, 4.69) is 4.98 Å². The minimum absolute atomic E-state index is 0.00679. The van der Waals surface area contributed by atoms with E-state index in [1.165, 1.54) is 12.1 Å². The number of nitrogens with two attached hydrogens (primary N) is 1. The molecule has 3 aromatic rings. The van der Waals surface area contributed by atoms with E-state index < -0.39 is 5.82 Å². The molecule has 0 saturated heterocycles. The summed E-state index contributed by atoms with van der Waals surface area (Å²) in [5.74, 6) is -0.285. The van der Waals surface area contributed by atoms with E-state index in [4.69, 9.17) is 22.1 Å². The van der Waals surface area contributed by atoms with Gasteiger partial charge in [0.2, 0.25) is 5.88 Å². The van der Waals surface area contributed by atoms with Crippen LogP contribution in [0.4, 0.5) is 4.39 Å². The highest BCUT2D eigenvalue weighted by atomic mass is 35.5. The molecule has 0 atom stereocenters. The summed E-state index contributed by atoms with van der Waals surface area (Å²) in [6.07, 6.45) is 0. The molecule has 0 unspecified atom stereocenters. The molecule has 106 valence electrons. The predicted octanol–water partition coefficient (Wildman–Crippen LogP) is 4.28. The van der Waals surface area contributed by atoms with Crippen LogP contribution in [0.15, 0.2) is 48.5 Å². The zero-order valence-electron chi connectivity index (χ0n) is 11.0. The SMILES string of the molecule is NCc1cc(Oc2cccc(Cl)c2F)nc2ccccc12. The fourth-order valence-electron chi connectivity index (χ4n) is 2.12. The van der Waals surface area contributed by atoms with Gasteiger partial charge in [0.25, 0.3) is 0 Å². The number of nitrogens with zero attached hydrogens (tertiary/aromatic N) is 1. The van der Waals surface area contributed by atoms with Gasteiger partial charge in [0, 0.05) is 18.0 Å². The Bertz CT molecular complexity index is 807. The van der Waals surface area contributed by atoms with Gasteiger partial charge in [-0.1, -0.05) is 35.9 Å². The fraction of sp³-hybridized carbons (Fsp3) is 0.0625. The molecule has 0 fully saturated rings. The lowest BCUT2D eigenvalue weighted by Gasteiger charge is -2.10. The summed E-state index contributed by atoms with van der Waals surface area (Å²) in [4.78, 5) is 4.36. The lowest BCUT2D eigenvalue weighted by Crippen LogP contribution is -2.00. The van der Waals surface area contributed by atoms with Gasteiger partial charge in [-0.25, -0.2) is 9.37 Å². The second kappa shape index (κ2) is 5.68. The Balaban J connectivity index is 2.07. The van der Waals surface area contributed by atoms with Crippen LogP contribution >= 0.6 is 11.6 Å². The van der Waals surface area contributed by atoms with E-state index in [0.717, 1.165) is 16.5 Å². The lowest BCUT2D eigenvalue weighted by atomic mass is 10.1. The summed E-state index contributed by atoms with van der Waals surface area (Å²) in [6.45, 7) is 0.345. The Morgan fingerprint density at radius 2 is 1.95 bits per heavy atom. The van der Waals surface area contributed by atoms with Gasteiger partial charge < -0.3 is 10.5 Å². The maximum Gasteiger partial charge on any atom is 0.220 e. The Kier molecular flexibility index (Phi) is 3.73. The molecule has 3 rings (SSSR count). The molecule has 5 heteroatoms. The minimum atomic E-state index is -0.608. The molecule has 0 bridgehead atoms. The number of pyridine rings is 1. The number of rotatable bonds is 3. The number of halogens is 2. The van der Waals surface area contributed by atoms with Crippen molar-refractivity contribution in [3.8, 4) is 11.6 Å². The normalized spacial score (nSPS) is 10.8. The third-order valence-electron chi connectivity index (χ3n) is 3.13. The molecule has 0 aliphatic carbocycles. The first-order chi connectivity index (χ1) is 10.2. The smallest absolute Gasteiger partial charge is 0.220 e. The van der Waals surface area contributed by atoms with Crippen molar-refractivity contribution in [2.45, 2.75) is 6.54 Å².